The van der Waals surface area contributed by atoms with Gasteiger partial charge in [-0.3, -0.25) is 9.48 Å². The van der Waals surface area contributed by atoms with Gasteiger partial charge in [-0.05, 0) is 20.8 Å². The molecule has 26 heavy (non-hydrogen) atoms. The van der Waals surface area contributed by atoms with Crippen LogP contribution in [0.1, 0.15) is 44.1 Å². The Morgan fingerprint density at radius 1 is 1.38 bits per heavy atom. The van der Waals surface area contributed by atoms with Crippen LogP contribution < -0.4 is 5.32 Å². The maximum Gasteiger partial charge on any atom is 0.317 e. The number of carbonyl (C=O) groups excluding carboxylic acids is 2. The number of nitrogens with zero attached hydrogens (tertiary/aromatic N) is 4. The van der Waals surface area contributed by atoms with Gasteiger partial charge in [0.15, 0.2) is 0 Å². The third kappa shape index (κ3) is 3.56. The molecular formula is C18H29N5O3. The highest BCUT2D eigenvalue weighted by atomic mass is 16.3. The maximum absolute atomic E-state index is 12.6. The molecule has 3 amide bonds. The van der Waals surface area contributed by atoms with Gasteiger partial charge < -0.3 is 20.2 Å². The molecule has 2 aliphatic heterocycles. The van der Waals surface area contributed by atoms with Gasteiger partial charge in [0.25, 0.3) is 0 Å². The third-order valence-electron chi connectivity index (χ3n) is 5.32. The monoisotopic (exact) mass is 363 g/mol. The summed E-state index contributed by atoms with van der Waals surface area (Å²) in [6, 6.07) is -0.120. The van der Waals surface area contributed by atoms with Crippen molar-refractivity contribution in [1.29, 1.82) is 0 Å². The summed E-state index contributed by atoms with van der Waals surface area (Å²) in [6.45, 7) is 8.25. The van der Waals surface area contributed by atoms with E-state index >= 15 is 0 Å². The van der Waals surface area contributed by atoms with Crippen molar-refractivity contribution in [3.8, 4) is 0 Å². The predicted octanol–water partition coefficient (Wildman–Crippen LogP) is 0.627. The number of aliphatic hydroxyl groups is 1. The number of rotatable bonds is 3. The van der Waals surface area contributed by atoms with Crippen LogP contribution in [0, 0.1) is 5.92 Å². The summed E-state index contributed by atoms with van der Waals surface area (Å²) in [7, 11) is 1.87. The van der Waals surface area contributed by atoms with E-state index in [2.05, 4.69) is 10.4 Å². The summed E-state index contributed by atoms with van der Waals surface area (Å²) in [5, 5.41) is 16.8. The van der Waals surface area contributed by atoms with Gasteiger partial charge >= 0.3 is 6.03 Å². The van der Waals surface area contributed by atoms with E-state index in [9.17, 15) is 14.7 Å². The van der Waals surface area contributed by atoms with E-state index in [0.29, 0.717) is 38.3 Å². The number of likely N-dealkylation sites (tertiary alicyclic amines) is 1. The number of carbonyl (C=O) groups is 2. The van der Waals surface area contributed by atoms with Crippen molar-refractivity contribution in [3.63, 3.8) is 0 Å². The quantitative estimate of drug-likeness (QED) is 0.824. The van der Waals surface area contributed by atoms with Crippen LogP contribution in [0.2, 0.25) is 0 Å². The Balaban J connectivity index is 1.56. The number of aromatic nitrogens is 2. The molecule has 8 nitrogen and oxygen atoms in total. The molecule has 1 saturated heterocycles. The number of aryl methyl sites for hydroxylation is 1. The Bertz CT molecular complexity index is 706. The molecule has 8 heteroatoms. The van der Waals surface area contributed by atoms with E-state index in [4.69, 9.17) is 0 Å². The second kappa shape index (κ2) is 6.90. The van der Waals surface area contributed by atoms with Crippen LogP contribution in [0.4, 0.5) is 4.79 Å². The second-order valence-electron chi connectivity index (χ2n) is 8.26. The highest BCUT2D eigenvalue weighted by Crippen LogP contribution is 2.26. The van der Waals surface area contributed by atoms with Crippen molar-refractivity contribution in [2.75, 3.05) is 19.6 Å². The molecule has 144 valence electrons. The maximum atomic E-state index is 12.6. The van der Waals surface area contributed by atoms with Gasteiger partial charge in [-0.15, -0.1) is 0 Å². The molecular weight excluding hydrogens is 334 g/mol. The molecule has 2 aliphatic rings. The molecule has 0 aromatic carbocycles. The lowest BCUT2D eigenvalue weighted by molar-refractivity contribution is -0.131. The van der Waals surface area contributed by atoms with Crippen molar-refractivity contribution in [1.82, 2.24) is 24.9 Å². The molecule has 0 spiro atoms. The molecule has 1 atom stereocenters. The van der Waals surface area contributed by atoms with Crippen LogP contribution in [-0.4, -0.2) is 61.8 Å². The van der Waals surface area contributed by atoms with Crippen LogP contribution in [0.5, 0.6) is 0 Å². The van der Waals surface area contributed by atoms with Crippen molar-refractivity contribution in [2.24, 2.45) is 13.0 Å². The molecule has 0 bridgehead atoms. The molecule has 2 N–H and O–H groups in total. The van der Waals surface area contributed by atoms with Crippen molar-refractivity contribution in [2.45, 2.75) is 52.3 Å². The fraction of sp³-hybridized carbons (Fsp3) is 0.722. The molecule has 0 saturated carbocycles. The lowest BCUT2D eigenvalue weighted by Crippen LogP contribution is -2.45. The first-order valence-electron chi connectivity index (χ1n) is 9.18. The zero-order chi connectivity index (χ0) is 19.1. The first-order chi connectivity index (χ1) is 12.2. The van der Waals surface area contributed by atoms with E-state index < -0.39 is 0 Å². The summed E-state index contributed by atoms with van der Waals surface area (Å²) in [4.78, 5) is 28.4. The normalized spacial score (nSPS) is 20.5. The number of aliphatic hydroxyl groups excluding tert-OH is 1. The van der Waals surface area contributed by atoms with E-state index in [-0.39, 0.29) is 30.0 Å². The highest BCUT2D eigenvalue weighted by molar-refractivity contribution is 5.80. The number of fused-ring (bicyclic) bond motifs is 1. The topological polar surface area (TPSA) is 90.7 Å². The first-order valence-corrected chi connectivity index (χ1v) is 9.18. The smallest absolute Gasteiger partial charge is 0.317 e. The third-order valence-corrected chi connectivity index (χ3v) is 5.32. The molecule has 1 fully saturated rings. The fourth-order valence-electron chi connectivity index (χ4n) is 3.88. The molecule has 3 rings (SSSR count). The Morgan fingerprint density at radius 2 is 2.12 bits per heavy atom. The van der Waals surface area contributed by atoms with Gasteiger partial charge in [0.05, 0.1) is 18.8 Å². The average Bonchev–Trinajstić information content (AvgIpc) is 3.12. The number of hydrogen-bond acceptors (Lipinski definition) is 4. The van der Waals surface area contributed by atoms with E-state index in [1.54, 1.807) is 9.58 Å². The zero-order valence-electron chi connectivity index (χ0n) is 16.1. The minimum Gasteiger partial charge on any atom is -0.390 e. The number of amides is 3. The number of nitrogens with one attached hydrogen (secondary N) is 1. The lowest BCUT2D eigenvalue weighted by Gasteiger charge is -2.32. The Morgan fingerprint density at radius 3 is 2.73 bits per heavy atom. The van der Waals surface area contributed by atoms with Crippen LogP contribution >= 0.6 is 0 Å². The molecule has 0 radical (unpaired) electrons. The molecule has 3 heterocycles. The van der Waals surface area contributed by atoms with Gasteiger partial charge in [0, 0.05) is 62.2 Å². The van der Waals surface area contributed by atoms with Gasteiger partial charge in [-0.25, -0.2) is 4.79 Å². The fourth-order valence-corrected chi connectivity index (χ4v) is 3.88. The lowest BCUT2D eigenvalue weighted by atomic mass is 10.1. The number of urea groups is 1. The van der Waals surface area contributed by atoms with Crippen LogP contribution in [0.3, 0.4) is 0 Å². The summed E-state index contributed by atoms with van der Waals surface area (Å²) < 4.78 is 1.79. The van der Waals surface area contributed by atoms with E-state index in [1.165, 1.54) is 0 Å². The summed E-state index contributed by atoms with van der Waals surface area (Å²) in [6.07, 6.45) is 1.21. The van der Waals surface area contributed by atoms with Crippen LogP contribution in [-0.2, 0) is 31.4 Å². The van der Waals surface area contributed by atoms with E-state index in [1.807, 2.05) is 32.7 Å². The van der Waals surface area contributed by atoms with Gasteiger partial charge in [0.1, 0.15) is 0 Å². The first kappa shape index (κ1) is 18.7. The van der Waals surface area contributed by atoms with Crippen LogP contribution in [0.25, 0.3) is 0 Å². The van der Waals surface area contributed by atoms with Crippen molar-refractivity contribution < 1.29 is 14.7 Å². The van der Waals surface area contributed by atoms with Gasteiger partial charge in [-0.2, -0.15) is 5.10 Å². The van der Waals surface area contributed by atoms with Crippen molar-refractivity contribution >= 4 is 11.9 Å². The molecule has 1 unspecified atom stereocenters. The molecule has 1 aromatic heterocycles. The second-order valence-corrected chi connectivity index (χ2v) is 8.26. The minimum atomic E-state index is -0.180. The number of hydrogen-bond donors (Lipinski definition) is 2. The SMILES string of the molecule is Cn1nc(CO)c2c1CCN(C(=O)NCC1CC(=O)N(C(C)(C)C)C1)C2. The van der Waals surface area contributed by atoms with Crippen molar-refractivity contribution in [3.05, 3.63) is 17.0 Å². The zero-order valence-corrected chi connectivity index (χ0v) is 16.1. The largest absolute Gasteiger partial charge is 0.390 e. The molecule has 1 aromatic rings. The average molecular weight is 363 g/mol. The summed E-state index contributed by atoms with van der Waals surface area (Å²) >= 11 is 0. The Labute approximate surface area is 154 Å². The standard InChI is InChI=1S/C18H29N5O3/c1-18(2,3)23-9-12(7-16(23)25)8-19-17(26)22-6-5-15-13(10-22)14(11-24)20-21(15)4/h12,24H,5-11H2,1-4H3,(H,19,26). The Hall–Kier alpha value is -2.09. The molecule has 0 aliphatic carbocycles. The van der Waals surface area contributed by atoms with Gasteiger partial charge in [0.2, 0.25) is 5.91 Å². The summed E-state index contributed by atoms with van der Waals surface area (Å²) in [5.41, 5.74) is 2.49. The van der Waals surface area contributed by atoms with Crippen LogP contribution in [0.15, 0.2) is 0 Å². The predicted molar refractivity (Wildman–Crippen MR) is 96.2 cm³/mol. The van der Waals surface area contributed by atoms with E-state index in [0.717, 1.165) is 17.7 Å². The highest BCUT2D eigenvalue weighted by Gasteiger charge is 2.36. The minimum absolute atomic E-state index is 0.120. The Kier molecular flexibility index (Phi) is 4.96. The summed E-state index contributed by atoms with van der Waals surface area (Å²) in [5.74, 6) is 0.305. The van der Waals surface area contributed by atoms with Gasteiger partial charge in [-0.1, -0.05) is 0 Å².